The van der Waals surface area contributed by atoms with Crippen LogP contribution in [0.2, 0.25) is 0 Å². The van der Waals surface area contributed by atoms with Gasteiger partial charge in [0.25, 0.3) is 0 Å². The second kappa shape index (κ2) is 7.68. The van der Waals surface area contributed by atoms with Gasteiger partial charge in [0.15, 0.2) is 0 Å². The molecule has 3 nitrogen and oxygen atoms in total. The van der Waals surface area contributed by atoms with Gasteiger partial charge in [-0.3, -0.25) is 4.79 Å². The minimum absolute atomic E-state index is 0.308. The number of benzene rings is 4. The predicted octanol–water partition coefficient (Wildman–Crippen LogP) is 6.49. The molecule has 1 aliphatic carbocycles. The third-order valence-corrected chi connectivity index (χ3v) is 5.93. The quantitative estimate of drug-likeness (QED) is 0.430. The zero-order valence-corrected chi connectivity index (χ0v) is 16.5. The van der Waals surface area contributed by atoms with Crippen LogP contribution in [0.25, 0.3) is 21.9 Å². The van der Waals surface area contributed by atoms with Crippen LogP contribution in [0.15, 0.2) is 84.9 Å². The number of para-hydroxylation sites is 1. The highest BCUT2D eigenvalue weighted by Crippen LogP contribution is 2.36. The van der Waals surface area contributed by atoms with Gasteiger partial charge >= 0.3 is 5.97 Å². The molecule has 0 amide bonds. The predicted molar refractivity (Wildman–Crippen MR) is 119 cm³/mol. The Morgan fingerprint density at radius 2 is 1.63 bits per heavy atom. The Hall–Kier alpha value is -3.59. The van der Waals surface area contributed by atoms with Gasteiger partial charge in [0.1, 0.15) is 11.5 Å². The van der Waals surface area contributed by atoms with Gasteiger partial charge in [-0.25, -0.2) is 0 Å². The number of hydrogen-bond donors (Lipinski definition) is 1. The summed E-state index contributed by atoms with van der Waals surface area (Å²) in [5, 5.41) is 11.8. The first kappa shape index (κ1) is 18.4. The van der Waals surface area contributed by atoms with Crippen molar-refractivity contribution in [1.29, 1.82) is 0 Å². The summed E-state index contributed by atoms with van der Waals surface area (Å²) in [6.07, 6.45) is 2.07. The van der Waals surface area contributed by atoms with E-state index in [-0.39, 0.29) is 5.92 Å². The molecular formula is C27H22O3. The topological polar surface area (TPSA) is 46.5 Å². The Morgan fingerprint density at radius 1 is 0.833 bits per heavy atom. The number of carboxylic acid groups (broad SMARTS) is 1. The van der Waals surface area contributed by atoms with Crippen LogP contribution >= 0.6 is 0 Å². The van der Waals surface area contributed by atoms with Crippen molar-refractivity contribution in [1.82, 2.24) is 0 Å². The first-order valence-electron chi connectivity index (χ1n) is 10.3. The van der Waals surface area contributed by atoms with Crippen LogP contribution in [-0.2, 0) is 17.6 Å². The van der Waals surface area contributed by atoms with Crippen molar-refractivity contribution in [3.63, 3.8) is 0 Å². The van der Waals surface area contributed by atoms with Crippen molar-refractivity contribution in [3.05, 3.63) is 96.1 Å². The molecule has 0 saturated carbocycles. The molecule has 4 aromatic rings. The zero-order chi connectivity index (χ0) is 20.5. The normalized spacial score (nSPS) is 15.5. The summed E-state index contributed by atoms with van der Waals surface area (Å²) in [6.45, 7) is 0. The van der Waals surface area contributed by atoms with Gasteiger partial charge in [-0.15, -0.1) is 0 Å². The Morgan fingerprint density at radius 3 is 2.50 bits per heavy atom. The molecule has 5 rings (SSSR count). The van der Waals surface area contributed by atoms with Crippen LogP contribution in [-0.4, -0.2) is 11.1 Å². The largest absolute Gasteiger partial charge is 0.481 e. The van der Waals surface area contributed by atoms with Gasteiger partial charge < -0.3 is 9.84 Å². The molecule has 0 saturated heterocycles. The van der Waals surface area contributed by atoms with Crippen molar-refractivity contribution in [3.8, 4) is 22.6 Å². The Balaban J connectivity index is 1.48. The van der Waals surface area contributed by atoms with E-state index in [2.05, 4.69) is 42.5 Å². The van der Waals surface area contributed by atoms with E-state index in [1.807, 2.05) is 42.5 Å². The summed E-state index contributed by atoms with van der Waals surface area (Å²) in [4.78, 5) is 11.4. The molecule has 148 valence electrons. The number of rotatable bonds is 4. The fourth-order valence-corrected chi connectivity index (χ4v) is 4.29. The van der Waals surface area contributed by atoms with E-state index in [9.17, 15) is 9.90 Å². The highest BCUT2D eigenvalue weighted by Gasteiger charge is 2.24. The van der Waals surface area contributed by atoms with E-state index >= 15 is 0 Å². The standard InChI is InChI=1S/C27H22O3/c28-27(29)22-12-10-19-13-14-24(17-23(19)16-22)30-26-8-4-3-7-25(26)21-11-9-18-5-1-2-6-20(18)15-21/h1-9,11,13-15,17,22H,10,12,16H2,(H,28,29). The van der Waals surface area contributed by atoms with Crippen LogP contribution in [0.4, 0.5) is 0 Å². The Kier molecular flexibility index (Phi) is 4.72. The molecule has 0 bridgehead atoms. The lowest BCUT2D eigenvalue weighted by Gasteiger charge is -2.22. The third kappa shape index (κ3) is 3.55. The average Bonchev–Trinajstić information content (AvgIpc) is 2.78. The van der Waals surface area contributed by atoms with Crippen molar-refractivity contribution in [2.45, 2.75) is 19.3 Å². The molecule has 0 radical (unpaired) electrons. The van der Waals surface area contributed by atoms with Crippen LogP contribution in [0.3, 0.4) is 0 Å². The lowest BCUT2D eigenvalue weighted by molar-refractivity contribution is -0.142. The van der Waals surface area contributed by atoms with E-state index < -0.39 is 5.97 Å². The Labute approximate surface area is 175 Å². The minimum Gasteiger partial charge on any atom is -0.481 e. The molecule has 4 aromatic carbocycles. The first-order valence-corrected chi connectivity index (χ1v) is 10.3. The van der Waals surface area contributed by atoms with Gasteiger partial charge in [0.05, 0.1) is 5.92 Å². The van der Waals surface area contributed by atoms with Crippen LogP contribution in [0, 0.1) is 5.92 Å². The molecule has 1 atom stereocenters. The number of carbonyl (C=O) groups is 1. The van der Waals surface area contributed by atoms with Crippen LogP contribution < -0.4 is 4.74 Å². The number of carboxylic acids is 1. The number of aliphatic carboxylic acids is 1. The van der Waals surface area contributed by atoms with E-state index in [0.29, 0.717) is 12.8 Å². The summed E-state index contributed by atoms with van der Waals surface area (Å²) >= 11 is 0. The summed E-state index contributed by atoms with van der Waals surface area (Å²) in [5.74, 6) is 0.512. The number of aryl methyl sites for hydroxylation is 1. The van der Waals surface area contributed by atoms with Crippen molar-refractivity contribution in [2.24, 2.45) is 5.92 Å². The fraction of sp³-hybridized carbons (Fsp3) is 0.148. The average molecular weight is 394 g/mol. The number of ether oxygens (including phenoxy) is 1. The minimum atomic E-state index is -0.714. The smallest absolute Gasteiger partial charge is 0.306 e. The van der Waals surface area contributed by atoms with Crippen molar-refractivity contribution < 1.29 is 14.6 Å². The molecule has 0 aliphatic heterocycles. The number of fused-ring (bicyclic) bond motifs is 2. The van der Waals surface area contributed by atoms with Crippen molar-refractivity contribution >= 4 is 16.7 Å². The summed E-state index contributed by atoms with van der Waals surface area (Å²) in [7, 11) is 0. The summed E-state index contributed by atoms with van der Waals surface area (Å²) in [5.41, 5.74) is 4.44. The van der Waals surface area contributed by atoms with Gasteiger partial charge in [0, 0.05) is 5.56 Å². The van der Waals surface area contributed by atoms with Crippen molar-refractivity contribution in [2.75, 3.05) is 0 Å². The maximum atomic E-state index is 11.4. The molecule has 0 fully saturated rings. The highest BCUT2D eigenvalue weighted by molar-refractivity contribution is 5.88. The fourth-order valence-electron chi connectivity index (χ4n) is 4.29. The van der Waals surface area contributed by atoms with Gasteiger partial charge in [0.2, 0.25) is 0 Å². The van der Waals surface area contributed by atoms with E-state index in [4.69, 9.17) is 4.74 Å². The van der Waals surface area contributed by atoms with Crippen LogP contribution in [0.5, 0.6) is 11.5 Å². The maximum absolute atomic E-state index is 11.4. The summed E-state index contributed by atoms with van der Waals surface area (Å²) < 4.78 is 6.29. The lowest BCUT2D eigenvalue weighted by atomic mass is 9.84. The monoisotopic (exact) mass is 394 g/mol. The third-order valence-electron chi connectivity index (χ3n) is 5.93. The zero-order valence-electron chi connectivity index (χ0n) is 16.5. The second-order valence-corrected chi connectivity index (χ2v) is 7.87. The highest BCUT2D eigenvalue weighted by atomic mass is 16.5. The molecular weight excluding hydrogens is 372 g/mol. The molecule has 1 aliphatic rings. The first-order chi connectivity index (χ1) is 14.7. The summed E-state index contributed by atoms with van der Waals surface area (Å²) in [6, 6.07) is 28.8. The van der Waals surface area contributed by atoms with E-state index in [1.165, 1.54) is 16.3 Å². The molecule has 0 heterocycles. The SMILES string of the molecule is O=C(O)C1CCc2ccc(Oc3ccccc3-c3ccc4ccccc4c3)cc2C1. The van der Waals surface area contributed by atoms with E-state index in [1.54, 1.807) is 0 Å². The van der Waals surface area contributed by atoms with Gasteiger partial charge in [-0.2, -0.15) is 0 Å². The second-order valence-electron chi connectivity index (χ2n) is 7.87. The van der Waals surface area contributed by atoms with E-state index in [0.717, 1.165) is 34.6 Å². The molecule has 0 aromatic heterocycles. The maximum Gasteiger partial charge on any atom is 0.306 e. The molecule has 0 spiro atoms. The molecule has 30 heavy (non-hydrogen) atoms. The Bertz CT molecular complexity index is 1240. The number of hydrogen-bond acceptors (Lipinski definition) is 2. The molecule has 3 heteroatoms. The van der Waals surface area contributed by atoms with Crippen LogP contribution in [0.1, 0.15) is 17.5 Å². The van der Waals surface area contributed by atoms with Gasteiger partial charge in [-0.1, -0.05) is 60.7 Å². The lowest BCUT2D eigenvalue weighted by Crippen LogP contribution is -2.22. The van der Waals surface area contributed by atoms with Gasteiger partial charge in [-0.05, 0) is 71.0 Å². The molecule has 1 N–H and O–H groups in total. The molecule has 1 unspecified atom stereocenters.